The van der Waals surface area contributed by atoms with Gasteiger partial charge in [0.25, 0.3) is 0 Å². The van der Waals surface area contributed by atoms with Gasteiger partial charge in [-0.3, -0.25) is 4.90 Å². The molecule has 0 aliphatic carbocycles. The molecule has 1 rings (SSSR count). The average molecular weight is 276 g/mol. The molecule has 0 aromatic heterocycles. The first-order valence-electron chi connectivity index (χ1n) is 7.96. The quantitative estimate of drug-likeness (QED) is 0.734. The van der Waals surface area contributed by atoms with E-state index in [1.165, 1.54) is 12.0 Å². The van der Waals surface area contributed by atoms with Gasteiger partial charge < -0.3 is 5.32 Å². The minimum atomic E-state index is 0.466. The molecule has 0 heterocycles. The minimum Gasteiger partial charge on any atom is -0.315 e. The van der Waals surface area contributed by atoms with Crippen LogP contribution in [-0.4, -0.2) is 31.6 Å². The predicted octanol–water partition coefficient (Wildman–Crippen LogP) is 3.95. The van der Waals surface area contributed by atoms with Gasteiger partial charge >= 0.3 is 0 Å². The van der Waals surface area contributed by atoms with Crippen molar-refractivity contribution in [2.45, 2.75) is 40.2 Å². The molecular formula is C18H32N2. The van der Waals surface area contributed by atoms with E-state index in [4.69, 9.17) is 0 Å². The van der Waals surface area contributed by atoms with Gasteiger partial charge in [-0.05, 0) is 44.0 Å². The highest BCUT2D eigenvalue weighted by atomic mass is 15.1. The number of nitrogens with one attached hydrogen (secondary N) is 1. The molecule has 1 aromatic rings. The predicted molar refractivity (Wildman–Crippen MR) is 89.0 cm³/mol. The second kappa shape index (κ2) is 9.15. The summed E-state index contributed by atoms with van der Waals surface area (Å²) in [6.45, 7) is 12.4. The number of likely N-dealkylation sites (N-methyl/N-ethyl adjacent to an activating group) is 1. The van der Waals surface area contributed by atoms with Gasteiger partial charge in [0.05, 0.1) is 0 Å². The smallest absolute Gasteiger partial charge is 0.0469 e. The normalized spacial score (nSPS) is 13.4. The van der Waals surface area contributed by atoms with E-state index in [0.29, 0.717) is 12.0 Å². The highest BCUT2D eigenvalue weighted by Crippen LogP contribution is 2.19. The summed E-state index contributed by atoms with van der Waals surface area (Å²) in [4.78, 5) is 2.49. The largest absolute Gasteiger partial charge is 0.315 e. The highest BCUT2D eigenvalue weighted by molar-refractivity contribution is 5.19. The Morgan fingerprint density at radius 3 is 2.15 bits per heavy atom. The summed E-state index contributed by atoms with van der Waals surface area (Å²) in [6.07, 6.45) is 1.25. The van der Waals surface area contributed by atoms with Gasteiger partial charge in [-0.1, -0.05) is 58.0 Å². The summed E-state index contributed by atoms with van der Waals surface area (Å²) in [5.74, 6) is 1.46. The second-order valence-corrected chi connectivity index (χ2v) is 6.64. The van der Waals surface area contributed by atoms with Crippen LogP contribution in [0.3, 0.4) is 0 Å². The fraction of sp³-hybridized carbons (Fsp3) is 0.667. The third kappa shape index (κ3) is 6.53. The van der Waals surface area contributed by atoms with Gasteiger partial charge in [-0.25, -0.2) is 0 Å². The van der Waals surface area contributed by atoms with E-state index in [-0.39, 0.29) is 0 Å². The summed E-state index contributed by atoms with van der Waals surface area (Å²) in [7, 11) is 2.25. The fourth-order valence-corrected chi connectivity index (χ4v) is 2.33. The van der Waals surface area contributed by atoms with Gasteiger partial charge in [-0.2, -0.15) is 0 Å². The molecule has 0 saturated heterocycles. The molecular weight excluding hydrogens is 244 g/mol. The molecule has 0 amide bonds. The Morgan fingerprint density at radius 1 is 0.950 bits per heavy atom. The van der Waals surface area contributed by atoms with Crippen molar-refractivity contribution in [1.82, 2.24) is 10.2 Å². The average Bonchev–Trinajstić information content (AvgIpc) is 2.41. The van der Waals surface area contributed by atoms with E-state index in [9.17, 15) is 0 Å². The molecule has 1 unspecified atom stereocenters. The molecule has 0 aliphatic rings. The zero-order valence-corrected chi connectivity index (χ0v) is 13.9. The lowest BCUT2D eigenvalue weighted by Crippen LogP contribution is -2.35. The van der Waals surface area contributed by atoms with Crippen molar-refractivity contribution in [2.75, 3.05) is 26.7 Å². The maximum Gasteiger partial charge on any atom is 0.0469 e. The van der Waals surface area contributed by atoms with Gasteiger partial charge in [-0.15, -0.1) is 0 Å². The standard InChI is InChI=1S/C18H32N2/c1-15(2)11-12-20(5)18(14-19-13-16(3)4)17-9-7-6-8-10-17/h6-10,15-16,18-19H,11-14H2,1-5H3. The zero-order valence-electron chi connectivity index (χ0n) is 13.9. The Balaban J connectivity index is 2.63. The van der Waals surface area contributed by atoms with Gasteiger partial charge in [0.2, 0.25) is 0 Å². The maximum atomic E-state index is 3.61. The number of hydrogen-bond donors (Lipinski definition) is 1. The molecule has 1 atom stereocenters. The fourth-order valence-electron chi connectivity index (χ4n) is 2.33. The zero-order chi connectivity index (χ0) is 15.0. The van der Waals surface area contributed by atoms with Crippen LogP contribution in [0.25, 0.3) is 0 Å². The van der Waals surface area contributed by atoms with Gasteiger partial charge in [0.1, 0.15) is 0 Å². The van der Waals surface area contributed by atoms with Crippen molar-refractivity contribution in [3.63, 3.8) is 0 Å². The second-order valence-electron chi connectivity index (χ2n) is 6.64. The molecule has 0 fully saturated rings. The Bertz CT molecular complexity index is 346. The minimum absolute atomic E-state index is 0.466. The molecule has 0 saturated carbocycles. The van der Waals surface area contributed by atoms with E-state index in [1.807, 2.05) is 0 Å². The number of benzene rings is 1. The molecule has 0 spiro atoms. The Kier molecular flexibility index (Phi) is 7.86. The summed E-state index contributed by atoms with van der Waals surface area (Å²) < 4.78 is 0. The number of rotatable bonds is 9. The monoisotopic (exact) mass is 276 g/mol. The summed E-state index contributed by atoms with van der Waals surface area (Å²) in [5, 5.41) is 3.61. The Hall–Kier alpha value is -0.860. The van der Waals surface area contributed by atoms with E-state index in [0.717, 1.165) is 25.6 Å². The SMILES string of the molecule is CC(C)CCN(C)C(CNCC(C)C)c1ccccc1. The third-order valence-electron chi connectivity index (χ3n) is 3.67. The van der Waals surface area contributed by atoms with Crippen LogP contribution in [0, 0.1) is 11.8 Å². The van der Waals surface area contributed by atoms with Crippen molar-refractivity contribution >= 4 is 0 Å². The van der Waals surface area contributed by atoms with Crippen molar-refractivity contribution in [3.8, 4) is 0 Å². The number of nitrogens with zero attached hydrogens (tertiary/aromatic N) is 1. The van der Waals surface area contributed by atoms with Crippen LogP contribution in [0.15, 0.2) is 30.3 Å². The van der Waals surface area contributed by atoms with Crippen molar-refractivity contribution in [1.29, 1.82) is 0 Å². The lowest BCUT2D eigenvalue weighted by atomic mass is 10.0. The Morgan fingerprint density at radius 2 is 1.60 bits per heavy atom. The topological polar surface area (TPSA) is 15.3 Å². The van der Waals surface area contributed by atoms with Crippen LogP contribution in [-0.2, 0) is 0 Å². The Labute approximate surface area is 125 Å². The van der Waals surface area contributed by atoms with Crippen LogP contribution in [0.4, 0.5) is 0 Å². The lowest BCUT2D eigenvalue weighted by Gasteiger charge is -2.29. The molecule has 114 valence electrons. The van der Waals surface area contributed by atoms with E-state index in [2.05, 4.69) is 75.3 Å². The molecule has 0 radical (unpaired) electrons. The number of hydrogen-bond acceptors (Lipinski definition) is 2. The first kappa shape index (κ1) is 17.2. The molecule has 2 heteroatoms. The van der Waals surface area contributed by atoms with Crippen LogP contribution in [0.5, 0.6) is 0 Å². The van der Waals surface area contributed by atoms with Crippen molar-refractivity contribution < 1.29 is 0 Å². The highest BCUT2D eigenvalue weighted by Gasteiger charge is 2.16. The summed E-state index contributed by atoms with van der Waals surface area (Å²) in [5.41, 5.74) is 1.41. The van der Waals surface area contributed by atoms with E-state index in [1.54, 1.807) is 0 Å². The molecule has 20 heavy (non-hydrogen) atoms. The van der Waals surface area contributed by atoms with Crippen LogP contribution < -0.4 is 5.32 Å². The van der Waals surface area contributed by atoms with Crippen molar-refractivity contribution in [2.24, 2.45) is 11.8 Å². The van der Waals surface area contributed by atoms with Crippen LogP contribution in [0.2, 0.25) is 0 Å². The first-order valence-corrected chi connectivity index (χ1v) is 7.96. The molecule has 0 bridgehead atoms. The summed E-state index contributed by atoms with van der Waals surface area (Å²) >= 11 is 0. The van der Waals surface area contributed by atoms with Crippen molar-refractivity contribution in [3.05, 3.63) is 35.9 Å². The van der Waals surface area contributed by atoms with Crippen LogP contribution >= 0.6 is 0 Å². The first-order chi connectivity index (χ1) is 9.50. The maximum absolute atomic E-state index is 3.61. The third-order valence-corrected chi connectivity index (χ3v) is 3.67. The molecule has 2 nitrogen and oxygen atoms in total. The van der Waals surface area contributed by atoms with Gasteiger partial charge in [0.15, 0.2) is 0 Å². The molecule has 1 N–H and O–H groups in total. The van der Waals surface area contributed by atoms with E-state index >= 15 is 0 Å². The van der Waals surface area contributed by atoms with Crippen LogP contribution in [0.1, 0.15) is 45.7 Å². The lowest BCUT2D eigenvalue weighted by molar-refractivity contribution is 0.224. The van der Waals surface area contributed by atoms with Gasteiger partial charge in [0, 0.05) is 12.6 Å². The molecule has 1 aromatic carbocycles. The molecule has 0 aliphatic heterocycles. The van der Waals surface area contributed by atoms with E-state index < -0.39 is 0 Å². The summed E-state index contributed by atoms with van der Waals surface area (Å²) in [6, 6.07) is 11.3.